The number of nitro groups is 1. The molecule has 0 radical (unpaired) electrons. The standard InChI is InChI=1S/C15H12ClF2N3O3/c1-7-6-9(14(17)18)19-12(8-2-3-8)13(7)24-15-10(21(22)23)4-5-11(16)20-15/h4-6,8,14H,2-3H2,1H3. The molecule has 24 heavy (non-hydrogen) atoms. The van der Waals surface area contributed by atoms with Crippen molar-refractivity contribution in [1.29, 1.82) is 0 Å². The van der Waals surface area contributed by atoms with Crippen LogP contribution in [0.25, 0.3) is 0 Å². The van der Waals surface area contributed by atoms with Crippen LogP contribution in [-0.2, 0) is 0 Å². The van der Waals surface area contributed by atoms with Crippen molar-refractivity contribution in [2.24, 2.45) is 0 Å². The highest BCUT2D eigenvalue weighted by atomic mass is 35.5. The zero-order valence-corrected chi connectivity index (χ0v) is 13.3. The van der Waals surface area contributed by atoms with Crippen molar-refractivity contribution in [3.05, 3.63) is 50.4 Å². The third-order valence-electron chi connectivity index (χ3n) is 3.59. The molecule has 0 aliphatic heterocycles. The van der Waals surface area contributed by atoms with Crippen molar-refractivity contribution >= 4 is 17.3 Å². The van der Waals surface area contributed by atoms with Crippen LogP contribution in [0.2, 0.25) is 5.15 Å². The average Bonchev–Trinajstić information content (AvgIpc) is 3.33. The number of aromatic nitrogens is 2. The first-order chi connectivity index (χ1) is 11.4. The Balaban J connectivity index is 2.07. The highest BCUT2D eigenvalue weighted by Gasteiger charge is 2.32. The van der Waals surface area contributed by atoms with Crippen LogP contribution in [0.4, 0.5) is 14.5 Å². The highest BCUT2D eigenvalue weighted by molar-refractivity contribution is 6.29. The van der Waals surface area contributed by atoms with Gasteiger partial charge in [-0.1, -0.05) is 11.6 Å². The summed E-state index contributed by atoms with van der Waals surface area (Å²) < 4.78 is 31.5. The van der Waals surface area contributed by atoms with Gasteiger partial charge in [-0.25, -0.2) is 13.8 Å². The molecule has 6 nitrogen and oxygen atoms in total. The second-order valence-electron chi connectivity index (χ2n) is 5.47. The van der Waals surface area contributed by atoms with Crippen LogP contribution >= 0.6 is 11.6 Å². The van der Waals surface area contributed by atoms with E-state index in [0.717, 1.165) is 12.8 Å². The van der Waals surface area contributed by atoms with Gasteiger partial charge in [0.25, 0.3) is 6.43 Å². The molecule has 2 aromatic heterocycles. The van der Waals surface area contributed by atoms with Crippen LogP contribution in [0.1, 0.15) is 42.1 Å². The Morgan fingerprint density at radius 3 is 2.67 bits per heavy atom. The first-order valence-corrected chi connectivity index (χ1v) is 7.53. The van der Waals surface area contributed by atoms with Gasteiger partial charge in [0.15, 0.2) is 5.75 Å². The van der Waals surface area contributed by atoms with E-state index in [-0.39, 0.29) is 34.1 Å². The molecule has 0 spiro atoms. The second kappa shape index (κ2) is 6.27. The molecule has 126 valence electrons. The van der Waals surface area contributed by atoms with Crippen LogP contribution in [-0.4, -0.2) is 14.9 Å². The van der Waals surface area contributed by atoms with Gasteiger partial charge in [0.1, 0.15) is 10.8 Å². The fraction of sp³-hybridized carbons (Fsp3) is 0.333. The number of halogens is 3. The van der Waals surface area contributed by atoms with E-state index in [1.807, 2.05) is 0 Å². The van der Waals surface area contributed by atoms with Gasteiger partial charge in [0.2, 0.25) is 0 Å². The summed E-state index contributed by atoms with van der Waals surface area (Å²) in [5.74, 6) is -0.0560. The molecule has 2 aromatic rings. The smallest absolute Gasteiger partial charge is 0.331 e. The van der Waals surface area contributed by atoms with Gasteiger partial charge in [-0.2, -0.15) is 4.98 Å². The lowest BCUT2D eigenvalue weighted by molar-refractivity contribution is -0.386. The maximum atomic E-state index is 13.0. The van der Waals surface area contributed by atoms with Gasteiger partial charge in [0, 0.05) is 12.0 Å². The largest absolute Gasteiger partial charge is 0.431 e. The summed E-state index contributed by atoms with van der Waals surface area (Å²) in [7, 11) is 0. The van der Waals surface area contributed by atoms with Crippen LogP contribution in [0.3, 0.4) is 0 Å². The van der Waals surface area contributed by atoms with Gasteiger partial charge in [-0.3, -0.25) is 10.1 Å². The van der Waals surface area contributed by atoms with Crippen LogP contribution in [0.15, 0.2) is 18.2 Å². The van der Waals surface area contributed by atoms with Crippen molar-refractivity contribution in [3.63, 3.8) is 0 Å². The predicted octanol–water partition coefficient (Wildman–Crippen LogP) is 4.95. The minimum atomic E-state index is -2.70. The van der Waals surface area contributed by atoms with Crippen molar-refractivity contribution < 1.29 is 18.4 Å². The monoisotopic (exact) mass is 355 g/mol. The Kier molecular flexibility index (Phi) is 4.31. The summed E-state index contributed by atoms with van der Waals surface area (Å²) >= 11 is 5.78. The van der Waals surface area contributed by atoms with E-state index in [0.29, 0.717) is 11.3 Å². The molecule has 1 aliphatic carbocycles. The Bertz CT molecular complexity index is 813. The molecule has 1 saturated carbocycles. The molecule has 0 saturated heterocycles. The second-order valence-corrected chi connectivity index (χ2v) is 5.86. The number of rotatable bonds is 5. The Labute approximate surface area is 140 Å². The number of hydrogen-bond acceptors (Lipinski definition) is 5. The minimum absolute atomic E-state index is 0.00985. The van der Waals surface area contributed by atoms with Crippen LogP contribution in [0, 0.1) is 17.0 Å². The molecule has 0 bridgehead atoms. The normalized spacial score (nSPS) is 14.0. The predicted molar refractivity (Wildman–Crippen MR) is 81.9 cm³/mol. The van der Waals surface area contributed by atoms with E-state index in [1.54, 1.807) is 6.92 Å². The van der Waals surface area contributed by atoms with Gasteiger partial charge in [0.05, 0.1) is 10.6 Å². The molecule has 0 aromatic carbocycles. The maximum absolute atomic E-state index is 13.0. The van der Waals surface area contributed by atoms with E-state index in [4.69, 9.17) is 16.3 Å². The number of alkyl halides is 2. The number of aryl methyl sites for hydroxylation is 1. The average molecular weight is 356 g/mol. The van der Waals surface area contributed by atoms with Gasteiger partial charge in [-0.15, -0.1) is 0 Å². The number of ether oxygens (including phenoxy) is 1. The Hall–Kier alpha value is -2.35. The molecule has 9 heteroatoms. The summed E-state index contributed by atoms with van der Waals surface area (Å²) in [5.41, 5.74) is 0.0911. The number of pyridine rings is 2. The lowest BCUT2D eigenvalue weighted by Crippen LogP contribution is -2.03. The molecule has 1 aliphatic rings. The summed E-state index contributed by atoms with van der Waals surface area (Å²) in [6, 6.07) is 3.67. The molecule has 3 rings (SSSR count). The lowest BCUT2D eigenvalue weighted by Gasteiger charge is -2.14. The fourth-order valence-electron chi connectivity index (χ4n) is 2.31. The van der Waals surface area contributed by atoms with Gasteiger partial charge < -0.3 is 4.74 Å². The molecule has 1 fully saturated rings. The molecular formula is C15H12ClF2N3O3. The SMILES string of the molecule is Cc1cc(C(F)F)nc(C2CC2)c1Oc1nc(Cl)ccc1[N+](=O)[O-]. The molecule has 2 heterocycles. The highest BCUT2D eigenvalue weighted by Crippen LogP contribution is 2.46. The van der Waals surface area contributed by atoms with Crippen molar-refractivity contribution in [3.8, 4) is 11.6 Å². The van der Waals surface area contributed by atoms with Crippen LogP contribution in [0.5, 0.6) is 11.6 Å². The number of nitrogens with zero attached hydrogens (tertiary/aromatic N) is 3. The summed E-state index contributed by atoms with van der Waals surface area (Å²) in [4.78, 5) is 18.3. The molecule has 0 N–H and O–H groups in total. The van der Waals surface area contributed by atoms with E-state index < -0.39 is 11.3 Å². The molecule has 0 atom stereocenters. The zero-order valence-electron chi connectivity index (χ0n) is 12.5. The Morgan fingerprint density at radius 1 is 1.38 bits per heavy atom. The fourth-order valence-corrected chi connectivity index (χ4v) is 2.45. The minimum Gasteiger partial charge on any atom is -0.431 e. The van der Waals surface area contributed by atoms with Crippen molar-refractivity contribution in [1.82, 2.24) is 9.97 Å². The zero-order chi connectivity index (χ0) is 17.4. The van der Waals surface area contributed by atoms with Gasteiger partial charge in [-0.05, 0) is 37.5 Å². The third-order valence-corrected chi connectivity index (χ3v) is 3.80. The first-order valence-electron chi connectivity index (χ1n) is 7.15. The summed E-state index contributed by atoms with van der Waals surface area (Å²) in [6.07, 6.45) is -1.09. The van der Waals surface area contributed by atoms with Crippen molar-refractivity contribution in [2.75, 3.05) is 0 Å². The molecule has 0 unspecified atom stereocenters. The van der Waals surface area contributed by atoms with Crippen molar-refractivity contribution in [2.45, 2.75) is 32.1 Å². The van der Waals surface area contributed by atoms with Crippen LogP contribution < -0.4 is 4.74 Å². The molecule has 0 amide bonds. The summed E-state index contributed by atoms with van der Waals surface area (Å²) in [6.45, 7) is 1.59. The summed E-state index contributed by atoms with van der Waals surface area (Å²) in [5, 5.41) is 11.1. The van der Waals surface area contributed by atoms with E-state index >= 15 is 0 Å². The molecular weight excluding hydrogens is 344 g/mol. The Morgan fingerprint density at radius 2 is 2.08 bits per heavy atom. The van der Waals surface area contributed by atoms with Gasteiger partial charge >= 0.3 is 11.6 Å². The third kappa shape index (κ3) is 3.28. The topological polar surface area (TPSA) is 78.2 Å². The number of hydrogen-bond donors (Lipinski definition) is 0. The van der Waals surface area contributed by atoms with E-state index in [2.05, 4.69) is 9.97 Å². The van der Waals surface area contributed by atoms with E-state index in [1.165, 1.54) is 18.2 Å². The maximum Gasteiger partial charge on any atom is 0.331 e. The van der Waals surface area contributed by atoms with E-state index in [9.17, 15) is 18.9 Å². The lowest BCUT2D eigenvalue weighted by atomic mass is 10.1. The quantitative estimate of drug-likeness (QED) is 0.430. The first kappa shape index (κ1) is 16.5.